The molecule has 0 fully saturated rings. The average Bonchev–Trinajstić information content (AvgIpc) is 2.38. The first-order valence-electron chi connectivity index (χ1n) is 7.55. The topological polar surface area (TPSA) is 0 Å². The van der Waals surface area contributed by atoms with E-state index >= 15 is 0 Å². The second kappa shape index (κ2) is 6.15. The molecule has 0 aliphatic heterocycles. The van der Waals surface area contributed by atoms with Gasteiger partial charge >= 0.3 is 0 Å². The number of hydrogen-bond acceptors (Lipinski definition) is 1. The minimum atomic E-state index is -1.18. The van der Waals surface area contributed by atoms with Crippen LogP contribution in [0.15, 0.2) is 58.3 Å². The molecule has 0 saturated carbocycles. The van der Waals surface area contributed by atoms with Crippen molar-refractivity contribution in [3.05, 3.63) is 48.5 Å². The van der Waals surface area contributed by atoms with Crippen molar-refractivity contribution < 1.29 is 0 Å². The van der Waals surface area contributed by atoms with E-state index in [2.05, 4.69) is 87.8 Å². The summed E-state index contributed by atoms with van der Waals surface area (Å²) in [5, 5.41) is 3.06. The monoisotopic (exact) mass is 330 g/mol. The molecule has 0 bridgehead atoms. The molecular formula is C18H26SSi2. The van der Waals surface area contributed by atoms with Crippen LogP contribution in [0.4, 0.5) is 0 Å². The van der Waals surface area contributed by atoms with Crippen LogP contribution in [0, 0.1) is 0 Å². The molecule has 2 aromatic rings. The molecule has 0 N–H and O–H groups in total. The summed E-state index contributed by atoms with van der Waals surface area (Å²) >= 11 is 1.86. The summed E-state index contributed by atoms with van der Waals surface area (Å²) < 4.78 is 0. The van der Waals surface area contributed by atoms with E-state index < -0.39 is 16.1 Å². The van der Waals surface area contributed by atoms with Gasteiger partial charge in [0, 0.05) is 9.79 Å². The zero-order chi connectivity index (χ0) is 15.7. The van der Waals surface area contributed by atoms with Gasteiger partial charge in [-0.2, -0.15) is 0 Å². The van der Waals surface area contributed by atoms with Crippen LogP contribution in [0.1, 0.15) is 0 Å². The molecule has 3 heteroatoms. The number of hydrogen-bond donors (Lipinski definition) is 0. The molecule has 21 heavy (non-hydrogen) atoms. The summed E-state index contributed by atoms with van der Waals surface area (Å²) in [4.78, 5) is 2.66. The molecule has 0 radical (unpaired) electrons. The summed E-state index contributed by atoms with van der Waals surface area (Å²) in [5.41, 5.74) is 0. The van der Waals surface area contributed by atoms with Crippen LogP contribution in [0.3, 0.4) is 0 Å². The molecule has 0 nitrogen and oxygen atoms in total. The van der Waals surface area contributed by atoms with Gasteiger partial charge in [-0.1, -0.05) is 85.7 Å². The Hall–Kier alpha value is -0.776. The molecule has 112 valence electrons. The fourth-order valence-electron chi connectivity index (χ4n) is 2.18. The van der Waals surface area contributed by atoms with Gasteiger partial charge in [0.1, 0.15) is 0 Å². The van der Waals surface area contributed by atoms with Crippen molar-refractivity contribution >= 4 is 38.3 Å². The molecule has 0 amide bonds. The highest BCUT2D eigenvalue weighted by Gasteiger charge is 2.16. The summed E-state index contributed by atoms with van der Waals surface area (Å²) in [6, 6.07) is 18.3. The van der Waals surface area contributed by atoms with Crippen molar-refractivity contribution in [3.63, 3.8) is 0 Å². The third-order valence-corrected chi connectivity index (χ3v) is 8.82. The van der Waals surface area contributed by atoms with Crippen molar-refractivity contribution in [1.29, 1.82) is 0 Å². The Morgan fingerprint density at radius 1 is 0.524 bits per heavy atom. The maximum atomic E-state index is 2.39. The highest BCUT2D eigenvalue weighted by Crippen LogP contribution is 2.26. The second-order valence-electron chi connectivity index (χ2n) is 7.65. The molecule has 0 atom stereocenters. The quantitative estimate of drug-likeness (QED) is 0.716. The van der Waals surface area contributed by atoms with E-state index in [0.29, 0.717) is 0 Å². The summed E-state index contributed by atoms with van der Waals surface area (Å²) in [6.45, 7) is 14.4. The Morgan fingerprint density at radius 3 is 1.05 bits per heavy atom. The third-order valence-electron chi connectivity index (χ3n) is 3.68. The van der Waals surface area contributed by atoms with Gasteiger partial charge in [0.2, 0.25) is 0 Å². The predicted molar refractivity (Wildman–Crippen MR) is 103 cm³/mol. The molecule has 2 aromatic carbocycles. The van der Waals surface area contributed by atoms with E-state index in [1.54, 1.807) is 0 Å². The normalized spacial score (nSPS) is 12.5. The molecular weight excluding hydrogens is 304 g/mol. The smallest absolute Gasteiger partial charge is 0.0775 e. The fourth-order valence-corrected chi connectivity index (χ4v) is 5.33. The third kappa shape index (κ3) is 4.60. The van der Waals surface area contributed by atoms with Crippen LogP contribution in [0.25, 0.3) is 0 Å². The lowest BCUT2D eigenvalue weighted by molar-refractivity contribution is 1.42. The zero-order valence-corrected chi connectivity index (χ0v) is 16.8. The summed E-state index contributed by atoms with van der Waals surface area (Å²) in [6.07, 6.45) is 0. The molecule has 0 aliphatic rings. The van der Waals surface area contributed by atoms with E-state index in [9.17, 15) is 0 Å². The second-order valence-corrected chi connectivity index (χ2v) is 19.0. The Labute approximate surface area is 136 Å². The maximum Gasteiger partial charge on any atom is 0.0775 e. The van der Waals surface area contributed by atoms with Crippen LogP contribution in [-0.4, -0.2) is 16.1 Å². The molecule has 2 rings (SSSR count). The Kier molecular flexibility index (Phi) is 4.86. The largest absolute Gasteiger partial charge is 0.0901 e. The molecule has 0 aliphatic carbocycles. The fraction of sp³-hybridized carbons (Fsp3) is 0.333. The highest BCUT2D eigenvalue weighted by atomic mass is 32.2. The van der Waals surface area contributed by atoms with E-state index in [0.717, 1.165) is 0 Å². The zero-order valence-electron chi connectivity index (χ0n) is 14.0. The van der Waals surface area contributed by atoms with Gasteiger partial charge in [-0.3, -0.25) is 0 Å². The van der Waals surface area contributed by atoms with Crippen molar-refractivity contribution in [2.75, 3.05) is 0 Å². The van der Waals surface area contributed by atoms with Crippen LogP contribution in [-0.2, 0) is 0 Å². The van der Waals surface area contributed by atoms with Crippen molar-refractivity contribution in [2.24, 2.45) is 0 Å². The van der Waals surface area contributed by atoms with E-state index in [1.165, 1.54) is 20.2 Å². The van der Waals surface area contributed by atoms with Crippen LogP contribution < -0.4 is 10.4 Å². The first-order chi connectivity index (χ1) is 9.66. The summed E-state index contributed by atoms with van der Waals surface area (Å²) in [5.74, 6) is 0. The van der Waals surface area contributed by atoms with Crippen LogP contribution in [0.2, 0.25) is 39.3 Å². The average molecular weight is 331 g/mol. The van der Waals surface area contributed by atoms with Gasteiger partial charge in [0.05, 0.1) is 16.1 Å². The van der Waals surface area contributed by atoms with Gasteiger partial charge in [0.15, 0.2) is 0 Å². The maximum absolute atomic E-state index is 2.39. The van der Waals surface area contributed by atoms with Crippen LogP contribution >= 0.6 is 11.8 Å². The lowest BCUT2D eigenvalue weighted by Gasteiger charge is -2.17. The SMILES string of the molecule is C[Si](C)(C)c1ccc(Sc2ccc([Si](C)(C)C)cc2)cc1. The van der Waals surface area contributed by atoms with Crippen molar-refractivity contribution in [1.82, 2.24) is 0 Å². The number of benzene rings is 2. The van der Waals surface area contributed by atoms with E-state index in [4.69, 9.17) is 0 Å². The van der Waals surface area contributed by atoms with Gasteiger partial charge in [-0.25, -0.2) is 0 Å². The minimum Gasteiger partial charge on any atom is -0.0901 e. The lowest BCUT2D eigenvalue weighted by Crippen LogP contribution is -2.37. The molecule has 0 heterocycles. The van der Waals surface area contributed by atoms with Crippen molar-refractivity contribution in [3.8, 4) is 0 Å². The predicted octanol–water partition coefficient (Wildman–Crippen LogP) is 4.93. The lowest BCUT2D eigenvalue weighted by atomic mass is 10.4. The van der Waals surface area contributed by atoms with Gasteiger partial charge < -0.3 is 0 Å². The Bertz CT molecular complexity index is 532. The van der Waals surface area contributed by atoms with Crippen molar-refractivity contribution in [2.45, 2.75) is 49.1 Å². The minimum absolute atomic E-state index is 1.18. The first kappa shape index (κ1) is 16.6. The number of rotatable bonds is 4. The Morgan fingerprint density at radius 2 is 0.810 bits per heavy atom. The standard InChI is InChI=1S/C18H26SSi2/c1-20(2,3)17-11-7-15(8-12-17)19-16-9-13-18(14-10-16)21(4,5)6/h7-14H,1-6H3. The highest BCUT2D eigenvalue weighted by molar-refractivity contribution is 7.99. The molecule has 0 aromatic heterocycles. The first-order valence-corrected chi connectivity index (χ1v) is 15.4. The van der Waals surface area contributed by atoms with Gasteiger partial charge in [0.25, 0.3) is 0 Å². The van der Waals surface area contributed by atoms with E-state index in [1.807, 2.05) is 11.8 Å². The van der Waals surface area contributed by atoms with E-state index in [-0.39, 0.29) is 0 Å². The molecule has 0 saturated heterocycles. The summed E-state index contributed by atoms with van der Waals surface area (Å²) in [7, 11) is -2.36. The molecule has 0 spiro atoms. The van der Waals surface area contributed by atoms with Crippen LogP contribution in [0.5, 0.6) is 0 Å². The van der Waals surface area contributed by atoms with Gasteiger partial charge in [-0.15, -0.1) is 0 Å². The van der Waals surface area contributed by atoms with Gasteiger partial charge in [-0.05, 0) is 24.3 Å². The Balaban J connectivity index is 2.12. The molecule has 0 unspecified atom stereocenters.